The van der Waals surface area contributed by atoms with Gasteiger partial charge in [0.05, 0.1) is 12.5 Å². The van der Waals surface area contributed by atoms with Crippen LogP contribution < -0.4 is 15.8 Å². The molecule has 0 saturated heterocycles. The van der Waals surface area contributed by atoms with Crippen molar-refractivity contribution < 1.29 is 14.4 Å². The van der Waals surface area contributed by atoms with E-state index >= 15 is 0 Å². The van der Waals surface area contributed by atoms with Gasteiger partial charge in [0.25, 0.3) is 5.91 Å². The molecule has 1 atom stereocenters. The Morgan fingerprint density at radius 2 is 1.83 bits per heavy atom. The van der Waals surface area contributed by atoms with Crippen LogP contribution in [0.5, 0.6) is 0 Å². The smallest absolute Gasteiger partial charge is 0.269 e. The Labute approximate surface area is 170 Å². The molecule has 1 aliphatic rings. The summed E-state index contributed by atoms with van der Waals surface area (Å²) in [5.74, 6) is -0.813. The highest BCUT2D eigenvalue weighted by Gasteiger charge is 2.30. The van der Waals surface area contributed by atoms with E-state index in [0.717, 1.165) is 23.2 Å². The third-order valence-electron chi connectivity index (χ3n) is 5.14. The van der Waals surface area contributed by atoms with Gasteiger partial charge in [0, 0.05) is 38.8 Å². The van der Waals surface area contributed by atoms with Gasteiger partial charge < -0.3 is 9.80 Å². The van der Waals surface area contributed by atoms with E-state index in [1.54, 1.807) is 23.1 Å². The molecule has 1 unspecified atom stereocenters. The fraction of sp³-hybridized carbons (Fsp3) is 0.318. The van der Waals surface area contributed by atoms with Crippen LogP contribution in [0.25, 0.3) is 0 Å². The molecule has 0 spiro atoms. The van der Waals surface area contributed by atoms with Crippen LogP contribution in [-0.2, 0) is 16.0 Å². The van der Waals surface area contributed by atoms with E-state index in [1.165, 1.54) is 6.92 Å². The van der Waals surface area contributed by atoms with Crippen molar-refractivity contribution in [2.75, 3.05) is 25.5 Å². The molecular formula is C22H26N4O3. The zero-order valence-corrected chi connectivity index (χ0v) is 16.9. The second-order valence-corrected chi connectivity index (χ2v) is 7.33. The minimum Gasteiger partial charge on any atom is -0.378 e. The number of hydrazine groups is 1. The first kappa shape index (κ1) is 20.4. The van der Waals surface area contributed by atoms with Gasteiger partial charge in [0.1, 0.15) is 0 Å². The molecule has 29 heavy (non-hydrogen) atoms. The van der Waals surface area contributed by atoms with Gasteiger partial charge in [-0.1, -0.05) is 30.3 Å². The third kappa shape index (κ3) is 4.74. The van der Waals surface area contributed by atoms with Crippen molar-refractivity contribution >= 4 is 23.4 Å². The minimum atomic E-state index is -0.394. The van der Waals surface area contributed by atoms with Crippen LogP contribution in [0.4, 0.5) is 5.69 Å². The summed E-state index contributed by atoms with van der Waals surface area (Å²) in [5.41, 5.74) is 8.40. The van der Waals surface area contributed by atoms with Crippen LogP contribution in [0, 0.1) is 0 Å². The highest BCUT2D eigenvalue weighted by Crippen LogP contribution is 2.32. The van der Waals surface area contributed by atoms with Crippen LogP contribution in [0.1, 0.15) is 40.9 Å². The number of carbonyl (C=O) groups is 3. The molecule has 1 heterocycles. The normalized spacial score (nSPS) is 15.3. The number of amides is 3. The first-order chi connectivity index (χ1) is 13.9. The quantitative estimate of drug-likeness (QED) is 0.778. The van der Waals surface area contributed by atoms with Gasteiger partial charge in [0.15, 0.2) is 0 Å². The molecule has 3 amide bonds. The molecule has 0 radical (unpaired) electrons. The summed E-state index contributed by atoms with van der Waals surface area (Å²) < 4.78 is 0. The maximum absolute atomic E-state index is 12.5. The number of carbonyl (C=O) groups excluding carboxylic acids is 3. The summed E-state index contributed by atoms with van der Waals surface area (Å²) in [6.07, 6.45) is 0.849. The molecular weight excluding hydrogens is 368 g/mol. The lowest BCUT2D eigenvalue weighted by Gasteiger charge is -2.36. The van der Waals surface area contributed by atoms with Gasteiger partial charge in [-0.2, -0.15) is 0 Å². The fourth-order valence-electron chi connectivity index (χ4n) is 3.60. The lowest BCUT2D eigenvalue weighted by atomic mass is 9.90. The van der Waals surface area contributed by atoms with E-state index < -0.39 is 5.91 Å². The molecule has 152 valence electrons. The van der Waals surface area contributed by atoms with E-state index in [-0.39, 0.29) is 24.3 Å². The maximum atomic E-state index is 12.5. The monoisotopic (exact) mass is 394 g/mol. The summed E-state index contributed by atoms with van der Waals surface area (Å²) in [4.78, 5) is 40.6. The second-order valence-electron chi connectivity index (χ2n) is 7.33. The number of fused-ring (bicyclic) bond motifs is 1. The lowest BCUT2D eigenvalue weighted by molar-refractivity contribution is -0.133. The molecule has 2 aromatic rings. The van der Waals surface area contributed by atoms with Crippen molar-refractivity contribution in [3.05, 3.63) is 65.2 Å². The van der Waals surface area contributed by atoms with Crippen molar-refractivity contribution in [3.63, 3.8) is 0 Å². The maximum Gasteiger partial charge on any atom is 0.269 e. The van der Waals surface area contributed by atoms with Crippen molar-refractivity contribution in [1.82, 2.24) is 15.8 Å². The van der Waals surface area contributed by atoms with E-state index in [2.05, 4.69) is 10.9 Å². The first-order valence-electron chi connectivity index (χ1n) is 9.58. The Balaban J connectivity index is 1.66. The van der Waals surface area contributed by atoms with Crippen LogP contribution in [-0.4, -0.2) is 43.3 Å². The van der Waals surface area contributed by atoms with Crippen molar-refractivity contribution in [2.24, 2.45) is 0 Å². The van der Waals surface area contributed by atoms with E-state index in [1.807, 2.05) is 49.3 Å². The number of rotatable bonds is 4. The molecule has 3 rings (SSSR count). The SMILES string of the molecule is CC(=O)N1CCc2ccccc2C1CC(=O)NNC(=O)c1cccc(N(C)C)c1. The molecule has 0 aliphatic carbocycles. The van der Waals surface area contributed by atoms with Crippen molar-refractivity contribution in [1.29, 1.82) is 0 Å². The number of nitrogens with zero attached hydrogens (tertiary/aromatic N) is 2. The Morgan fingerprint density at radius 3 is 2.55 bits per heavy atom. The molecule has 7 nitrogen and oxygen atoms in total. The molecule has 0 bridgehead atoms. The average molecular weight is 394 g/mol. The summed E-state index contributed by atoms with van der Waals surface area (Å²) >= 11 is 0. The zero-order chi connectivity index (χ0) is 21.0. The molecule has 0 aromatic heterocycles. The molecule has 7 heteroatoms. The number of hydrogen-bond acceptors (Lipinski definition) is 4. The molecule has 2 N–H and O–H groups in total. The highest BCUT2D eigenvalue weighted by molar-refractivity contribution is 5.96. The van der Waals surface area contributed by atoms with Crippen LogP contribution in [0.2, 0.25) is 0 Å². The number of hydrogen-bond donors (Lipinski definition) is 2. The van der Waals surface area contributed by atoms with Gasteiger partial charge in [0.2, 0.25) is 11.8 Å². The average Bonchev–Trinajstić information content (AvgIpc) is 2.72. The molecule has 0 fully saturated rings. The van der Waals surface area contributed by atoms with Gasteiger partial charge in [-0.15, -0.1) is 0 Å². The Morgan fingerprint density at radius 1 is 1.07 bits per heavy atom. The fourth-order valence-corrected chi connectivity index (χ4v) is 3.60. The number of nitrogens with one attached hydrogen (secondary N) is 2. The van der Waals surface area contributed by atoms with Crippen LogP contribution in [0.3, 0.4) is 0 Å². The predicted octanol–water partition coefficient (Wildman–Crippen LogP) is 2.05. The topological polar surface area (TPSA) is 81.8 Å². The van der Waals surface area contributed by atoms with Crippen molar-refractivity contribution in [2.45, 2.75) is 25.8 Å². The summed E-state index contributed by atoms with van der Waals surface area (Å²) in [6.45, 7) is 2.09. The Hall–Kier alpha value is -3.35. The van der Waals surface area contributed by atoms with Gasteiger partial charge in [-0.05, 0) is 35.7 Å². The van der Waals surface area contributed by atoms with E-state index in [4.69, 9.17) is 0 Å². The van der Waals surface area contributed by atoms with Crippen molar-refractivity contribution in [3.8, 4) is 0 Å². The van der Waals surface area contributed by atoms with Crippen LogP contribution >= 0.6 is 0 Å². The van der Waals surface area contributed by atoms with Crippen LogP contribution in [0.15, 0.2) is 48.5 Å². The number of benzene rings is 2. The first-order valence-corrected chi connectivity index (χ1v) is 9.58. The zero-order valence-electron chi connectivity index (χ0n) is 16.9. The largest absolute Gasteiger partial charge is 0.378 e. The predicted molar refractivity (Wildman–Crippen MR) is 111 cm³/mol. The summed E-state index contributed by atoms with van der Waals surface area (Å²) in [6, 6.07) is 14.6. The molecule has 1 aliphatic heterocycles. The standard InChI is InChI=1S/C22H26N4O3/c1-15(27)26-12-11-16-7-4-5-10-19(16)20(26)14-21(28)23-24-22(29)17-8-6-9-18(13-17)25(2)3/h4-10,13,20H,11-12,14H2,1-3H3,(H,23,28)(H,24,29). The van der Waals surface area contributed by atoms with E-state index in [9.17, 15) is 14.4 Å². The number of anilines is 1. The Bertz CT molecular complexity index is 926. The van der Waals surface area contributed by atoms with E-state index in [0.29, 0.717) is 12.1 Å². The minimum absolute atomic E-state index is 0.0677. The second kappa shape index (κ2) is 8.77. The summed E-state index contributed by atoms with van der Waals surface area (Å²) in [5, 5.41) is 0. The summed E-state index contributed by atoms with van der Waals surface area (Å²) in [7, 11) is 3.78. The van der Waals surface area contributed by atoms with Gasteiger partial charge >= 0.3 is 0 Å². The highest BCUT2D eigenvalue weighted by atomic mass is 16.2. The molecule has 0 saturated carbocycles. The Kier molecular flexibility index (Phi) is 6.16. The van der Waals surface area contributed by atoms with Gasteiger partial charge in [-0.25, -0.2) is 0 Å². The van der Waals surface area contributed by atoms with Gasteiger partial charge in [-0.3, -0.25) is 25.2 Å². The lowest BCUT2D eigenvalue weighted by Crippen LogP contribution is -2.45. The molecule has 2 aromatic carbocycles. The third-order valence-corrected chi connectivity index (χ3v) is 5.14.